The fourth-order valence-electron chi connectivity index (χ4n) is 5.57. The van der Waals surface area contributed by atoms with Gasteiger partial charge in [0.25, 0.3) is 0 Å². The van der Waals surface area contributed by atoms with Crippen LogP contribution in [-0.2, 0) is 61.6 Å². The minimum Gasteiger partial charge on any atom is -0.448 e. The Balaban J connectivity index is 0.950. The van der Waals surface area contributed by atoms with Crippen molar-refractivity contribution in [2.45, 2.75) is 5.92 Å². The molecular weight excluding hydrogens is 761 g/mol. The first-order chi connectivity index (χ1) is 28.7. The van der Waals surface area contributed by atoms with Gasteiger partial charge in [0, 0.05) is 19.5 Å². The molecule has 0 N–H and O–H groups in total. The van der Waals surface area contributed by atoms with Crippen LogP contribution in [0, 0.1) is 0 Å². The summed E-state index contributed by atoms with van der Waals surface area (Å²) < 4.78 is 82.8. The molecule has 0 saturated carbocycles. The van der Waals surface area contributed by atoms with E-state index in [-0.39, 0.29) is 18.6 Å². The fraction of sp³-hybridized carbons (Fsp3) is 0.690. The Morgan fingerprint density at radius 1 is 0.448 bits per heavy atom. The van der Waals surface area contributed by atoms with Crippen LogP contribution in [0.15, 0.2) is 48.5 Å². The van der Waals surface area contributed by atoms with Gasteiger partial charge in [0.15, 0.2) is 0 Å². The van der Waals surface area contributed by atoms with E-state index in [1.54, 1.807) is 7.05 Å². The first-order valence-electron chi connectivity index (χ1n) is 20.3. The lowest BCUT2D eigenvalue weighted by Gasteiger charge is -2.19. The summed E-state index contributed by atoms with van der Waals surface area (Å²) in [6.45, 7) is 11.0. The number of carbonyl (C=O) groups excluding carboxylic acids is 1. The van der Waals surface area contributed by atoms with Crippen LogP contribution in [0.3, 0.4) is 0 Å². The number of hydrogen-bond donors (Lipinski definition) is 0. The number of hydrogen-bond acceptors (Lipinski definition) is 14. The zero-order valence-corrected chi connectivity index (χ0v) is 34.3. The molecule has 2 aromatic rings. The highest BCUT2D eigenvalue weighted by Crippen LogP contribution is 2.44. The molecule has 0 aliphatic heterocycles. The van der Waals surface area contributed by atoms with E-state index in [9.17, 15) is 9.18 Å². The maximum Gasteiger partial charge on any atom is 0.409 e. The third-order valence-corrected chi connectivity index (χ3v) is 8.53. The zero-order chi connectivity index (χ0) is 41.0. The number of nitrogens with zero attached hydrogens (tertiary/aromatic N) is 1. The third kappa shape index (κ3) is 23.1. The molecule has 58 heavy (non-hydrogen) atoms. The first kappa shape index (κ1) is 49.5. The summed E-state index contributed by atoms with van der Waals surface area (Å²) in [4.78, 5) is 14.1. The largest absolute Gasteiger partial charge is 0.448 e. The van der Waals surface area contributed by atoms with Gasteiger partial charge < -0.3 is 66.5 Å². The first-order valence-corrected chi connectivity index (χ1v) is 20.3. The maximum atomic E-state index is 12.6. The van der Waals surface area contributed by atoms with Crippen molar-refractivity contribution in [3.63, 3.8) is 0 Å². The second-order valence-electron chi connectivity index (χ2n) is 12.8. The number of carbonyl (C=O) groups is 1. The maximum absolute atomic E-state index is 12.6. The Labute approximate surface area is 343 Å². The van der Waals surface area contributed by atoms with E-state index in [0.717, 1.165) is 0 Å². The average molecular weight is 828 g/mol. The van der Waals surface area contributed by atoms with Crippen LogP contribution in [0.2, 0.25) is 0 Å². The van der Waals surface area contributed by atoms with Crippen LogP contribution in [0.5, 0.6) is 0 Å². The molecule has 0 saturated heterocycles. The highest BCUT2D eigenvalue weighted by atomic mass is 19.1. The summed E-state index contributed by atoms with van der Waals surface area (Å²) in [6, 6.07) is 16.6. The van der Waals surface area contributed by atoms with Gasteiger partial charge in [-0.15, -0.1) is 0 Å². The summed E-state index contributed by atoms with van der Waals surface area (Å²) in [6.07, 6.45) is -0.368. The molecule has 2 aromatic carbocycles. The van der Waals surface area contributed by atoms with E-state index in [1.807, 2.05) is 24.3 Å². The molecule has 15 nitrogen and oxygen atoms in total. The molecule has 0 heterocycles. The predicted molar refractivity (Wildman–Crippen MR) is 214 cm³/mol. The summed E-state index contributed by atoms with van der Waals surface area (Å²) in [5.41, 5.74) is 4.78. The lowest BCUT2D eigenvalue weighted by molar-refractivity contribution is -0.0285. The van der Waals surface area contributed by atoms with Crippen LogP contribution in [0.1, 0.15) is 17.0 Å². The number of halogens is 1. The minimum atomic E-state index is -0.480. The van der Waals surface area contributed by atoms with Gasteiger partial charge in [-0.25, -0.2) is 9.18 Å². The number of benzene rings is 2. The molecular formula is C42H66FNO14. The molecule has 0 radical (unpaired) electrons. The zero-order valence-electron chi connectivity index (χ0n) is 34.3. The number of likely N-dealkylation sites (N-methyl/N-ethyl adjacent to an activating group) is 1. The number of rotatable bonds is 40. The molecule has 1 amide bonds. The number of alkyl halides is 1. The lowest BCUT2D eigenvalue weighted by Crippen LogP contribution is -2.32. The average Bonchev–Trinajstić information content (AvgIpc) is 3.57. The Bertz CT molecular complexity index is 1230. The molecule has 1 aliphatic carbocycles. The minimum absolute atomic E-state index is 0.0343. The molecule has 1 aliphatic rings. The van der Waals surface area contributed by atoms with Crippen molar-refractivity contribution in [1.29, 1.82) is 0 Å². The van der Waals surface area contributed by atoms with E-state index in [2.05, 4.69) is 24.3 Å². The van der Waals surface area contributed by atoms with Crippen LogP contribution < -0.4 is 0 Å². The van der Waals surface area contributed by atoms with Crippen molar-refractivity contribution in [1.82, 2.24) is 4.90 Å². The summed E-state index contributed by atoms with van der Waals surface area (Å²) in [5.74, 6) is 0.0343. The fourth-order valence-corrected chi connectivity index (χ4v) is 5.57. The molecule has 330 valence electrons. The van der Waals surface area contributed by atoms with E-state index in [4.69, 9.17) is 61.6 Å². The topological polar surface area (TPSA) is 140 Å². The molecule has 0 aromatic heterocycles. The number of ether oxygens (including phenoxy) is 13. The predicted octanol–water partition coefficient (Wildman–Crippen LogP) is 4.04. The molecule has 0 atom stereocenters. The van der Waals surface area contributed by atoms with Crippen molar-refractivity contribution < 1.29 is 70.8 Å². The third-order valence-electron chi connectivity index (χ3n) is 8.53. The Hall–Kier alpha value is -2.84. The molecule has 0 spiro atoms. The second kappa shape index (κ2) is 35.0. The Morgan fingerprint density at radius 3 is 1.03 bits per heavy atom. The van der Waals surface area contributed by atoms with E-state index in [0.29, 0.717) is 165 Å². The van der Waals surface area contributed by atoms with Gasteiger partial charge in [-0.2, -0.15) is 0 Å². The van der Waals surface area contributed by atoms with Gasteiger partial charge in [-0.05, 0) is 22.3 Å². The van der Waals surface area contributed by atoms with Gasteiger partial charge in [-0.3, -0.25) is 0 Å². The SMILES string of the molecule is CN(CCOCCOCCOCCOCCOCCOCCOCCOCCOCCOCCOCCOCCF)C(=O)OCC1c2ccccc2-c2ccccc21. The highest BCUT2D eigenvalue weighted by molar-refractivity contribution is 5.79. The Kier molecular flexibility index (Phi) is 29.9. The summed E-state index contributed by atoms with van der Waals surface area (Å²) in [7, 11) is 1.71. The van der Waals surface area contributed by atoms with Crippen LogP contribution >= 0.6 is 0 Å². The van der Waals surface area contributed by atoms with Gasteiger partial charge in [-0.1, -0.05) is 48.5 Å². The van der Waals surface area contributed by atoms with Gasteiger partial charge in [0.2, 0.25) is 0 Å². The van der Waals surface area contributed by atoms with Gasteiger partial charge in [0.1, 0.15) is 13.3 Å². The van der Waals surface area contributed by atoms with Crippen LogP contribution in [0.4, 0.5) is 9.18 Å². The highest BCUT2D eigenvalue weighted by Gasteiger charge is 2.29. The van der Waals surface area contributed by atoms with Crippen molar-refractivity contribution in [3.8, 4) is 11.1 Å². The summed E-state index contributed by atoms with van der Waals surface area (Å²) in [5, 5.41) is 0. The molecule has 0 bridgehead atoms. The van der Waals surface area contributed by atoms with Crippen molar-refractivity contribution in [2.75, 3.05) is 185 Å². The van der Waals surface area contributed by atoms with E-state index >= 15 is 0 Å². The lowest BCUT2D eigenvalue weighted by atomic mass is 9.98. The van der Waals surface area contributed by atoms with Crippen LogP contribution in [-0.4, -0.2) is 196 Å². The molecule has 0 fully saturated rings. The van der Waals surface area contributed by atoms with E-state index < -0.39 is 6.67 Å². The smallest absolute Gasteiger partial charge is 0.409 e. The van der Waals surface area contributed by atoms with E-state index in [1.165, 1.54) is 27.2 Å². The summed E-state index contributed by atoms with van der Waals surface area (Å²) >= 11 is 0. The quantitative estimate of drug-likeness (QED) is 0.0894. The normalized spacial score (nSPS) is 12.2. The van der Waals surface area contributed by atoms with Crippen molar-refractivity contribution >= 4 is 6.09 Å². The molecule has 16 heteroatoms. The molecule has 3 rings (SSSR count). The standard InChI is InChI=1S/C42H66FNO14/c1-44(42(45)58-36-41-39-8-4-2-6-37(39)38-7-3-5-9-40(38)41)11-13-47-15-17-49-19-21-51-23-25-53-27-29-55-31-33-57-35-34-56-32-30-54-28-26-52-24-22-50-20-18-48-16-14-46-12-10-43/h2-9,41H,10-36H2,1H3. The van der Waals surface area contributed by atoms with Gasteiger partial charge >= 0.3 is 6.09 Å². The monoisotopic (exact) mass is 827 g/mol. The van der Waals surface area contributed by atoms with Crippen molar-refractivity contribution in [2.24, 2.45) is 0 Å². The Morgan fingerprint density at radius 2 is 0.724 bits per heavy atom. The molecule has 0 unspecified atom stereocenters. The number of fused-ring (bicyclic) bond motifs is 3. The van der Waals surface area contributed by atoms with Crippen LogP contribution in [0.25, 0.3) is 11.1 Å². The van der Waals surface area contributed by atoms with Gasteiger partial charge in [0.05, 0.1) is 159 Å². The van der Waals surface area contributed by atoms with Crippen molar-refractivity contribution in [3.05, 3.63) is 59.7 Å². The second-order valence-corrected chi connectivity index (χ2v) is 12.8. The number of amides is 1.